The van der Waals surface area contributed by atoms with Crippen LogP contribution in [0.25, 0.3) is 0 Å². The first-order valence-corrected chi connectivity index (χ1v) is 8.23. The Morgan fingerprint density at radius 3 is 2.46 bits per heavy atom. The number of carbonyl (C=O) groups is 1. The van der Waals surface area contributed by atoms with E-state index in [0.717, 1.165) is 24.3 Å². The SMILES string of the molecule is O=C1c2ccccc2OCC1OS(=O)(=O)c1ccc([N+](=O)[O-])cc1. The summed E-state index contributed by atoms with van der Waals surface area (Å²) in [6, 6.07) is 10.6. The number of nitrogens with zero attached hydrogens (tertiary/aromatic N) is 1. The van der Waals surface area contributed by atoms with Crippen molar-refractivity contribution in [3.05, 3.63) is 64.2 Å². The molecule has 9 heteroatoms. The van der Waals surface area contributed by atoms with Crippen molar-refractivity contribution in [3.63, 3.8) is 0 Å². The molecule has 0 saturated heterocycles. The van der Waals surface area contributed by atoms with Crippen molar-refractivity contribution in [3.8, 4) is 5.75 Å². The number of hydrogen-bond acceptors (Lipinski definition) is 7. The van der Waals surface area contributed by atoms with E-state index in [9.17, 15) is 23.3 Å². The van der Waals surface area contributed by atoms with Gasteiger partial charge in [0, 0.05) is 12.1 Å². The van der Waals surface area contributed by atoms with Crippen LogP contribution in [0.2, 0.25) is 0 Å². The molecule has 0 amide bonds. The van der Waals surface area contributed by atoms with Gasteiger partial charge in [0.25, 0.3) is 15.8 Å². The smallest absolute Gasteiger partial charge is 0.297 e. The van der Waals surface area contributed by atoms with Gasteiger partial charge in [0.2, 0.25) is 0 Å². The van der Waals surface area contributed by atoms with Crippen LogP contribution < -0.4 is 4.74 Å². The molecule has 1 heterocycles. The number of non-ortho nitro benzene ring substituents is 1. The minimum Gasteiger partial charge on any atom is -0.490 e. The standard InChI is InChI=1S/C15H11NO7S/c17-15-12-3-1-2-4-13(12)22-9-14(15)23-24(20,21)11-7-5-10(6-8-11)16(18)19/h1-8,14H,9H2. The Hall–Kier alpha value is -2.78. The van der Waals surface area contributed by atoms with Gasteiger partial charge >= 0.3 is 0 Å². The number of ether oxygens (including phenoxy) is 1. The topological polar surface area (TPSA) is 113 Å². The molecule has 0 saturated carbocycles. The molecule has 2 aromatic rings. The molecule has 0 aromatic heterocycles. The summed E-state index contributed by atoms with van der Waals surface area (Å²) in [5.74, 6) is -0.127. The lowest BCUT2D eigenvalue weighted by Crippen LogP contribution is -2.37. The Bertz CT molecular complexity index is 906. The fourth-order valence-corrected chi connectivity index (χ4v) is 3.25. The van der Waals surface area contributed by atoms with E-state index in [4.69, 9.17) is 8.92 Å². The van der Waals surface area contributed by atoms with Gasteiger partial charge < -0.3 is 4.74 Å². The molecule has 124 valence electrons. The van der Waals surface area contributed by atoms with Crippen molar-refractivity contribution in [1.29, 1.82) is 0 Å². The second kappa shape index (κ2) is 6.02. The van der Waals surface area contributed by atoms with E-state index in [1.54, 1.807) is 18.2 Å². The number of nitro benzene ring substituents is 1. The summed E-state index contributed by atoms with van der Waals surface area (Å²) in [6.07, 6.45) is -1.31. The van der Waals surface area contributed by atoms with Gasteiger partial charge in [0.05, 0.1) is 15.4 Å². The molecule has 0 aliphatic carbocycles. The zero-order chi connectivity index (χ0) is 17.3. The molecule has 1 atom stereocenters. The van der Waals surface area contributed by atoms with Crippen LogP contribution in [0, 0.1) is 10.1 Å². The highest BCUT2D eigenvalue weighted by Crippen LogP contribution is 2.27. The number of ketones is 1. The number of hydrogen-bond donors (Lipinski definition) is 0. The van der Waals surface area contributed by atoms with Gasteiger partial charge in [-0.25, -0.2) is 0 Å². The Labute approximate surface area is 136 Å². The van der Waals surface area contributed by atoms with Crippen molar-refractivity contribution in [2.75, 3.05) is 6.61 Å². The quantitative estimate of drug-likeness (QED) is 0.471. The molecule has 1 aliphatic rings. The maximum atomic E-state index is 12.3. The summed E-state index contributed by atoms with van der Waals surface area (Å²) < 4.78 is 34.8. The van der Waals surface area contributed by atoms with Gasteiger partial charge in [-0.2, -0.15) is 8.42 Å². The summed E-state index contributed by atoms with van der Waals surface area (Å²) in [5, 5.41) is 10.6. The number of fused-ring (bicyclic) bond motifs is 1. The van der Waals surface area contributed by atoms with Gasteiger partial charge in [0.15, 0.2) is 11.9 Å². The molecule has 0 bridgehead atoms. The molecule has 0 radical (unpaired) electrons. The molecule has 24 heavy (non-hydrogen) atoms. The molecular weight excluding hydrogens is 338 g/mol. The van der Waals surface area contributed by atoms with Crippen molar-refractivity contribution >= 4 is 21.6 Å². The Kier molecular flexibility index (Phi) is 4.04. The first-order chi connectivity index (χ1) is 11.4. The van der Waals surface area contributed by atoms with E-state index >= 15 is 0 Å². The summed E-state index contributed by atoms with van der Waals surface area (Å²) in [4.78, 5) is 22.0. The molecule has 8 nitrogen and oxygen atoms in total. The first-order valence-electron chi connectivity index (χ1n) is 6.82. The van der Waals surface area contributed by atoms with Crippen molar-refractivity contribution < 1.29 is 27.1 Å². The van der Waals surface area contributed by atoms with Crippen LogP contribution in [-0.2, 0) is 14.3 Å². The molecule has 1 aliphatic heterocycles. The number of Topliss-reactive ketones (excluding diaryl/α,β-unsaturated/α-hetero) is 1. The average Bonchev–Trinajstić information content (AvgIpc) is 2.57. The number of para-hydroxylation sites is 1. The minimum absolute atomic E-state index is 0.234. The van der Waals surface area contributed by atoms with Gasteiger partial charge in [0.1, 0.15) is 12.4 Å². The fourth-order valence-electron chi connectivity index (χ4n) is 2.23. The molecule has 1 unspecified atom stereocenters. The molecule has 3 rings (SSSR count). The molecule has 0 N–H and O–H groups in total. The van der Waals surface area contributed by atoms with E-state index < -0.39 is 26.9 Å². The number of carbonyl (C=O) groups excluding carboxylic acids is 1. The highest BCUT2D eigenvalue weighted by Gasteiger charge is 2.34. The summed E-state index contributed by atoms with van der Waals surface area (Å²) >= 11 is 0. The van der Waals surface area contributed by atoms with E-state index in [0.29, 0.717) is 5.75 Å². The predicted molar refractivity (Wildman–Crippen MR) is 81.4 cm³/mol. The Balaban J connectivity index is 1.82. The number of rotatable bonds is 4. The Morgan fingerprint density at radius 2 is 1.79 bits per heavy atom. The first kappa shape index (κ1) is 16.1. The van der Waals surface area contributed by atoms with Crippen LogP contribution in [-0.4, -0.2) is 31.8 Å². The third-order valence-corrected chi connectivity index (χ3v) is 4.75. The maximum Gasteiger partial charge on any atom is 0.297 e. The van der Waals surface area contributed by atoms with Gasteiger partial charge in [-0.15, -0.1) is 0 Å². The van der Waals surface area contributed by atoms with Gasteiger partial charge in [-0.05, 0) is 24.3 Å². The average molecular weight is 349 g/mol. The van der Waals surface area contributed by atoms with Crippen LogP contribution in [0.5, 0.6) is 5.75 Å². The zero-order valence-corrected chi connectivity index (χ0v) is 12.9. The van der Waals surface area contributed by atoms with Crippen LogP contribution in [0.3, 0.4) is 0 Å². The normalized spacial score (nSPS) is 17.0. The molecular formula is C15H11NO7S. The third kappa shape index (κ3) is 2.99. The Morgan fingerprint density at radius 1 is 1.12 bits per heavy atom. The lowest BCUT2D eigenvalue weighted by molar-refractivity contribution is -0.384. The third-order valence-electron chi connectivity index (χ3n) is 3.41. The van der Waals surface area contributed by atoms with Crippen LogP contribution in [0.1, 0.15) is 10.4 Å². The summed E-state index contributed by atoms with van der Waals surface area (Å²) in [7, 11) is -4.26. The maximum absolute atomic E-state index is 12.3. The van der Waals surface area contributed by atoms with Crippen LogP contribution in [0.4, 0.5) is 5.69 Å². The second-order valence-electron chi connectivity index (χ2n) is 4.96. The van der Waals surface area contributed by atoms with Crippen LogP contribution in [0.15, 0.2) is 53.4 Å². The number of benzene rings is 2. The molecule has 0 spiro atoms. The summed E-state index contributed by atoms with van der Waals surface area (Å²) in [6.45, 7) is -0.234. The monoisotopic (exact) mass is 349 g/mol. The highest BCUT2D eigenvalue weighted by molar-refractivity contribution is 7.86. The summed E-state index contributed by atoms with van der Waals surface area (Å²) in [5.41, 5.74) is -0.00685. The minimum atomic E-state index is -4.26. The second-order valence-corrected chi connectivity index (χ2v) is 6.53. The largest absolute Gasteiger partial charge is 0.490 e. The van der Waals surface area contributed by atoms with Gasteiger partial charge in [-0.1, -0.05) is 12.1 Å². The van der Waals surface area contributed by atoms with Crippen molar-refractivity contribution in [2.45, 2.75) is 11.0 Å². The molecule has 2 aromatic carbocycles. The fraction of sp³-hybridized carbons (Fsp3) is 0.133. The lowest BCUT2D eigenvalue weighted by atomic mass is 10.0. The van der Waals surface area contributed by atoms with Crippen LogP contribution >= 0.6 is 0 Å². The van der Waals surface area contributed by atoms with Crippen molar-refractivity contribution in [2.24, 2.45) is 0 Å². The van der Waals surface area contributed by atoms with E-state index in [1.165, 1.54) is 6.07 Å². The zero-order valence-electron chi connectivity index (χ0n) is 12.1. The number of nitro groups is 1. The predicted octanol–water partition coefficient (Wildman–Crippen LogP) is 1.94. The highest BCUT2D eigenvalue weighted by atomic mass is 32.2. The van der Waals surface area contributed by atoms with E-state index in [-0.39, 0.29) is 22.8 Å². The molecule has 0 fully saturated rings. The van der Waals surface area contributed by atoms with Crippen molar-refractivity contribution in [1.82, 2.24) is 0 Å². The van der Waals surface area contributed by atoms with E-state index in [2.05, 4.69) is 0 Å². The van der Waals surface area contributed by atoms with E-state index in [1.807, 2.05) is 0 Å². The lowest BCUT2D eigenvalue weighted by Gasteiger charge is -2.23. The van der Waals surface area contributed by atoms with Gasteiger partial charge in [-0.3, -0.25) is 19.1 Å².